The van der Waals surface area contributed by atoms with Crippen LogP contribution in [0.1, 0.15) is 0 Å². The van der Waals surface area contributed by atoms with E-state index in [0.717, 1.165) is 11.1 Å². The maximum Gasteiger partial charge on any atom is 1.00 e. The molecule has 0 spiro atoms. The molecule has 0 saturated heterocycles. The number of pyridine rings is 1. The minimum Gasteiger partial charge on any atom is -0.872 e. The standard InChI is InChI=1S/C17H13NO.Li/c19-17-10-9-14(13-6-2-1-3-7-13)12-15(17)16-8-4-5-11-18-16;/h1-12,19H;/q;+1/p-1. The van der Waals surface area contributed by atoms with Crippen molar-refractivity contribution in [1.82, 2.24) is 4.98 Å². The van der Waals surface area contributed by atoms with E-state index in [1.54, 1.807) is 12.3 Å². The van der Waals surface area contributed by atoms with E-state index >= 15 is 0 Å². The molecule has 0 N–H and O–H groups in total. The first-order valence-corrected chi connectivity index (χ1v) is 6.12. The van der Waals surface area contributed by atoms with Gasteiger partial charge in [-0.3, -0.25) is 4.98 Å². The molecular formula is C17H12LiNO. The van der Waals surface area contributed by atoms with Crippen LogP contribution >= 0.6 is 0 Å². The van der Waals surface area contributed by atoms with Gasteiger partial charge in [-0.05, 0) is 34.9 Å². The van der Waals surface area contributed by atoms with Crippen LogP contribution in [0.5, 0.6) is 5.75 Å². The van der Waals surface area contributed by atoms with Gasteiger partial charge in [-0.1, -0.05) is 54.3 Å². The third-order valence-electron chi connectivity index (χ3n) is 3.03. The Morgan fingerprint density at radius 2 is 1.50 bits per heavy atom. The van der Waals surface area contributed by atoms with Gasteiger partial charge in [-0.15, -0.1) is 0 Å². The van der Waals surface area contributed by atoms with Crippen LogP contribution in [0.25, 0.3) is 22.4 Å². The number of benzene rings is 2. The van der Waals surface area contributed by atoms with Gasteiger partial charge < -0.3 is 5.11 Å². The Kier molecular flexibility index (Phi) is 4.63. The van der Waals surface area contributed by atoms with Crippen LogP contribution in [-0.4, -0.2) is 4.98 Å². The summed E-state index contributed by atoms with van der Waals surface area (Å²) in [6.45, 7) is 0. The van der Waals surface area contributed by atoms with Gasteiger partial charge in [0.15, 0.2) is 0 Å². The number of aromatic nitrogens is 1. The second-order valence-corrected chi connectivity index (χ2v) is 4.29. The van der Waals surface area contributed by atoms with Gasteiger partial charge in [0, 0.05) is 6.20 Å². The van der Waals surface area contributed by atoms with Gasteiger partial charge in [0.05, 0.1) is 5.69 Å². The molecule has 3 aromatic rings. The van der Waals surface area contributed by atoms with E-state index in [0.29, 0.717) is 11.3 Å². The molecule has 20 heavy (non-hydrogen) atoms. The van der Waals surface area contributed by atoms with Gasteiger partial charge in [0.1, 0.15) is 0 Å². The number of hydrogen-bond acceptors (Lipinski definition) is 2. The predicted octanol–water partition coefficient (Wildman–Crippen LogP) is 0.493. The monoisotopic (exact) mass is 253 g/mol. The molecular weight excluding hydrogens is 241 g/mol. The van der Waals surface area contributed by atoms with E-state index in [9.17, 15) is 5.11 Å². The third kappa shape index (κ3) is 2.93. The van der Waals surface area contributed by atoms with Crippen LogP contribution in [0.4, 0.5) is 0 Å². The number of hydrogen-bond donors (Lipinski definition) is 0. The second kappa shape index (κ2) is 6.43. The fourth-order valence-corrected chi connectivity index (χ4v) is 2.06. The Balaban J connectivity index is 0.00000147. The molecule has 0 aliphatic carbocycles. The van der Waals surface area contributed by atoms with Crippen LogP contribution in [-0.2, 0) is 0 Å². The van der Waals surface area contributed by atoms with E-state index < -0.39 is 0 Å². The number of nitrogens with zero attached hydrogens (tertiary/aromatic N) is 1. The van der Waals surface area contributed by atoms with Crippen LogP contribution in [0, 0.1) is 0 Å². The molecule has 2 nitrogen and oxygen atoms in total. The molecule has 0 saturated carbocycles. The summed E-state index contributed by atoms with van der Waals surface area (Å²) in [6.07, 6.45) is 1.70. The van der Waals surface area contributed by atoms with Crippen molar-refractivity contribution in [2.45, 2.75) is 0 Å². The predicted molar refractivity (Wildman–Crippen MR) is 74.6 cm³/mol. The van der Waals surface area contributed by atoms with Crippen molar-refractivity contribution in [3.8, 4) is 28.1 Å². The average molecular weight is 253 g/mol. The van der Waals surface area contributed by atoms with Crippen molar-refractivity contribution in [3.63, 3.8) is 0 Å². The van der Waals surface area contributed by atoms with Crippen molar-refractivity contribution in [1.29, 1.82) is 0 Å². The molecule has 0 bridgehead atoms. The molecule has 3 heteroatoms. The van der Waals surface area contributed by atoms with Gasteiger partial charge >= 0.3 is 18.9 Å². The van der Waals surface area contributed by atoms with Gasteiger partial charge in [0.25, 0.3) is 0 Å². The molecule has 1 heterocycles. The van der Waals surface area contributed by atoms with Crippen LogP contribution < -0.4 is 24.0 Å². The normalized spacial score (nSPS) is 9.80. The molecule has 0 amide bonds. The molecule has 92 valence electrons. The summed E-state index contributed by atoms with van der Waals surface area (Å²) in [6, 6.07) is 20.9. The minimum absolute atomic E-state index is 0. The smallest absolute Gasteiger partial charge is 0.872 e. The molecule has 0 fully saturated rings. The molecule has 2 aromatic carbocycles. The first-order chi connectivity index (χ1) is 9.34. The topological polar surface area (TPSA) is 36.0 Å². The molecule has 0 radical (unpaired) electrons. The van der Waals surface area contributed by atoms with Gasteiger partial charge in [0.2, 0.25) is 0 Å². The zero-order valence-electron chi connectivity index (χ0n) is 11.3. The van der Waals surface area contributed by atoms with Crippen molar-refractivity contribution in [2.75, 3.05) is 0 Å². The first-order valence-electron chi connectivity index (χ1n) is 6.12. The van der Waals surface area contributed by atoms with Gasteiger partial charge in [-0.2, -0.15) is 0 Å². The largest absolute Gasteiger partial charge is 1.00 e. The summed E-state index contributed by atoms with van der Waals surface area (Å²) >= 11 is 0. The maximum absolute atomic E-state index is 12.0. The third-order valence-corrected chi connectivity index (χ3v) is 3.03. The van der Waals surface area contributed by atoms with Crippen molar-refractivity contribution < 1.29 is 24.0 Å². The molecule has 3 rings (SSSR count). The maximum atomic E-state index is 12.0. The summed E-state index contributed by atoms with van der Waals surface area (Å²) in [5, 5.41) is 12.0. The van der Waals surface area contributed by atoms with Crippen LogP contribution in [0.15, 0.2) is 72.9 Å². The summed E-state index contributed by atoms with van der Waals surface area (Å²) in [5.74, 6) is -0.00150. The van der Waals surface area contributed by atoms with E-state index in [2.05, 4.69) is 4.98 Å². The molecule has 0 atom stereocenters. The van der Waals surface area contributed by atoms with Crippen LogP contribution in [0.2, 0.25) is 0 Å². The quantitative estimate of drug-likeness (QED) is 0.623. The molecule has 0 aliphatic heterocycles. The van der Waals surface area contributed by atoms with Gasteiger partial charge in [-0.25, -0.2) is 0 Å². The SMILES string of the molecule is [Li+].[O-]c1ccc(-c2ccccc2)cc1-c1ccccn1. The average Bonchev–Trinajstić information content (AvgIpc) is 2.49. The van der Waals surface area contributed by atoms with E-state index in [1.807, 2.05) is 60.7 Å². The van der Waals surface area contributed by atoms with E-state index in [-0.39, 0.29) is 24.6 Å². The Labute approximate surface area is 130 Å². The van der Waals surface area contributed by atoms with Crippen molar-refractivity contribution in [3.05, 3.63) is 72.9 Å². The summed E-state index contributed by atoms with van der Waals surface area (Å²) < 4.78 is 0. The number of rotatable bonds is 2. The molecule has 0 aliphatic rings. The summed E-state index contributed by atoms with van der Waals surface area (Å²) in [4.78, 5) is 4.24. The molecule has 1 aromatic heterocycles. The zero-order valence-corrected chi connectivity index (χ0v) is 11.3. The van der Waals surface area contributed by atoms with Crippen LogP contribution in [0.3, 0.4) is 0 Å². The van der Waals surface area contributed by atoms with E-state index in [4.69, 9.17) is 0 Å². The van der Waals surface area contributed by atoms with Crippen molar-refractivity contribution >= 4 is 0 Å². The summed E-state index contributed by atoms with van der Waals surface area (Å²) in [5.41, 5.74) is 3.48. The minimum atomic E-state index is -0.00150. The molecule has 0 unspecified atom stereocenters. The Bertz CT molecular complexity index is 684. The first kappa shape index (κ1) is 14.4. The Morgan fingerprint density at radius 1 is 0.750 bits per heavy atom. The van der Waals surface area contributed by atoms with Crippen molar-refractivity contribution in [2.24, 2.45) is 0 Å². The zero-order chi connectivity index (χ0) is 13.1. The Hall–Kier alpha value is -2.01. The summed E-state index contributed by atoms with van der Waals surface area (Å²) in [7, 11) is 0. The fraction of sp³-hybridized carbons (Fsp3) is 0. The second-order valence-electron chi connectivity index (χ2n) is 4.29. The Morgan fingerprint density at radius 3 is 2.20 bits per heavy atom. The fourth-order valence-electron chi connectivity index (χ4n) is 2.06. The van der Waals surface area contributed by atoms with E-state index in [1.165, 1.54) is 0 Å².